The first-order valence-electron chi connectivity index (χ1n) is 12.7. The number of hydrogen-bond donors (Lipinski definition) is 3. The molecule has 37 heavy (non-hydrogen) atoms. The maximum atomic E-state index is 6.26. The van der Waals surface area contributed by atoms with Crippen LogP contribution < -0.4 is 5.73 Å². The van der Waals surface area contributed by atoms with Gasteiger partial charge in [0.2, 0.25) is 0 Å². The number of nitrogen functional groups attached to an aromatic ring is 1. The number of H-pyrrole nitrogens is 2. The molecular weight excluding hydrogens is 458 g/mol. The molecule has 4 aromatic heterocycles. The van der Waals surface area contributed by atoms with Crippen molar-refractivity contribution in [1.82, 2.24) is 29.2 Å². The lowest BCUT2D eigenvalue weighted by atomic mass is 9.96. The molecule has 4 N–H and O–H groups in total. The van der Waals surface area contributed by atoms with Crippen LogP contribution in [0.3, 0.4) is 0 Å². The van der Waals surface area contributed by atoms with Gasteiger partial charge in [-0.05, 0) is 62.1 Å². The smallest absolute Gasteiger partial charge is 0.150 e. The molecule has 2 aromatic carbocycles. The molecule has 1 saturated heterocycles. The van der Waals surface area contributed by atoms with Crippen molar-refractivity contribution in [3.63, 3.8) is 0 Å². The van der Waals surface area contributed by atoms with Crippen LogP contribution in [-0.4, -0.2) is 49.4 Å². The molecule has 1 fully saturated rings. The summed E-state index contributed by atoms with van der Waals surface area (Å²) in [6, 6.07) is 18.6. The highest BCUT2D eigenvalue weighted by Gasteiger charge is 2.26. The largest absolute Gasteiger partial charge is 0.382 e. The second-order valence-electron chi connectivity index (χ2n) is 9.69. The van der Waals surface area contributed by atoms with E-state index >= 15 is 0 Å². The maximum absolute atomic E-state index is 6.26. The Kier molecular flexibility index (Phi) is 5.98. The Balaban J connectivity index is 0.000000191. The van der Waals surface area contributed by atoms with E-state index in [0.29, 0.717) is 11.7 Å². The zero-order valence-electron chi connectivity index (χ0n) is 21.0. The molecule has 0 radical (unpaired) electrons. The minimum Gasteiger partial charge on any atom is -0.382 e. The zero-order valence-corrected chi connectivity index (χ0v) is 21.0. The van der Waals surface area contributed by atoms with E-state index in [9.17, 15) is 0 Å². The average Bonchev–Trinajstić information content (AvgIpc) is 3.66. The van der Waals surface area contributed by atoms with Gasteiger partial charge in [0.25, 0.3) is 0 Å². The van der Waals surface area contributed by atoms with Gasteiger partial charge in [-0.3, -0.25) is 4.40 Å². The molecule has 0 spiro atoms. The summed E-state index contributed by atoms with van der Waals surface area (Å²) in [5, 5.41) is 2.41. The van der Waals surface area contributed by atoms with Crippen LogP contribution in [0.15, 0.2) is 79.8 Å². The molecule has 0 bridgehead atoms. The summed E-state index contributed by atoms with van der Waals surface area (Å²) >= 11 is 0. The molecule has 7 heteroatoms. The first-order valence-corrected chi connectivity index (χ1v) is 12.7. The molecule has 0 saturated carbocycles. The molecule has 1 aliphatic heterocycles. The number of nitrogens with two attached hydrogens (primary N) is 1. The Morgan fingerprint density at radius 1 is 1.05 bits per heavy atom. The third-order valence-corrected chi connectivity index (χ3v) is 7.32. The highest BCUT2D eigenvalue weighted by molar-refractivity contribution is 5.91. The second kappa shape index (κ2) is 9.59. The topological polar surface area (TPSA) is 91.0 Å². The van der Waals surface area contributed by atoms with E-state index in [4.69, 9.17) is 10.7 Å². The van der Waals surface area contributed by atoms with Gasteiger partial charge in [0.05, 0.1) is 11.2 Å². The van der Waals surface area contributed by atoms with Gasteiger partial charge in [-0.15, -0.1) is 0 Å². The van der Waals surface area contributed by atoms with Gasteiger partial charge in [-0.2, -0.15) is 0 Å². The monoisotopic (exact) mass is 489 g/mol. The van der Waals surface area contributed by atoms with Crippen molar-refractivity contribution in [3.8, 4) is 11.4 Å². The summed E-state index contributed by atoms with van der Waals surface area (Å²) in [6.07, 6.45) is 9.78. The van der Waals surface area contributed by atoms with Crippen LogP contribution in [0.1, 0.15) is 30.1 Å². The highest BCUT2D eigenvalue weighted by Crippen LogP contribution is 2.34. The quantitative estimate of drug-likeness (QED) is 0.281. The van der Waals surface area contributed by atoms with Crippen molar-refractivity contribution in [2.24, 2.45) is 0 Å². The van der Waals surface area contributed by atoms with Crippen molar-refractivity contribution >= 4 is 39.2 Å². The molecular formula is C30H31N7. The van der Waals surface area contributed by atoms with Crippen LogP contribution in [0.4, 0.5) is 5.82 Å². The van der Waals surface area contributed by atoms with E-state index in [2.05, 4.69) is 68.2 Å². The minimum atomic E-state index is 0.443. The van der Waals surface area contributed by atoms with Crippen molar-refractivity contribution in [2.45, 2.75) is 18.8 Å². The first kappa shape index (κ1) is 23.1. The summed E-state index contributed by atoms with van der Waals surface area (Å²) in [5.74, 6) is 2.06. The average molecular weight is 490 g/mol. The fourth-order valence-corrected chi connectivity index (χ4v) is 5.31. The number of benzene rings is 2. The Morgan fingerprint density at radius 2 is 1.86 bits per heavy atom. The first-order chi connectivity index (χ1) is 18.1. The summed E-state index contributed by atoms with van der Waals surface area (Å²) in [4.78, 5) is 18.4. The standard InChI is InChI=1S/C20H22N6.C10H9N/c1-25-9-6-13(7-10-25)20-24-17(18-19(21)22-8-11-26(18)20)16-12-14-4-2-3-5-15(14)23-16;1-2-8-4-3-5-9-6-7-11-10(8)9/h2-5,8,11-13,23H,6-7,9-10H2,1H3,(H2,21,22);2-7,11H,1H2. The van der Waals surface area contributed by atoms with Crippen LogP contribution >= 0.6 is 0 Å². The van der Waals surface area contributed by atoms with Crippen LogP contribution in [0.25, 0.3) is 44.8 Å². The Morgan fingerprint density at radius 3 is 2.68 bits per heavy atom. The molecule has 0 atom stereocenters. The van der Waals surface area contributed by atoms with E-state index in [1.165, 1.54) is 16.3 Å². The van der Waals surface area contributed by atoms with Gasteiger partial charge in [-0.25, -0.2) is 9.97 Å². The molecule has 0 aliphatic carbocycles. The van der Waals surface area contributed by atoms with Crippen molar-refractivity contribution in [2.75, 3.05) is 25.9 Å². The number of nitrogens with one attached hydrogen (secondary N) is 2. The number of nitrogens with zero attached hydrogens (tertiary/aromatic N) is 4. The number of aromatic amines is 2. The van der Waals surface area contributed by atoms with E-state index in [1.54, 1.807) is 6.20 Å². The van der Waals surface area contributed by atoms with Crippen molar-refractivity contribution < 1.29 is 0 Å². The van der Waals surface area contributed by atoms with Gasteiger partial charge < -0.3 is 20.6 Å². The fourth-order valence-electron chi connectivity index (χ4n) is 5.31. The van der Waals surface area contributed by atoms with Crippen LogP contribution in [0.5, 0.6) is 0 Å². The Bertz CT molecular complexity index is 1660. The Labute approximate surface area is 215 Å². The third-order valence-electron chi connectivity index (χ3n) is 7.32. The van der Waals surface area contributed by atoms with Crippen LogP contribution in [-0.2, 0) is 0 Å². The maximum Gasteiger partial charge on any atom is 0.150 e. The number of likely N-dealkylation sites (tertiary alicyclic amines) is 1. The Hall–Kier alpha value is -4.36. The number of hydrogen-bond acceptors (Lipinski definition) is 4. The van der Waals surface area contributed by atoms with Crippen molar-refractivity contribution in [1.29, 1.82) is 0 Å². The van der Waals surface area contributed by atoms with Gasteiger partial charge in [0.15, 0.2) is 0 Å². The normalized spacial score (nSPS) is 14.7. The summed E-state index contributed by atoms with van der Waals surface area (Å²) in [6.45, 7) is 5.94. The zero-order chi connectivity index (χ0) is 25.4. The highest BCUT2D eigenvalue weighted by atomic mass is 15.1. The second-order valence-corrected chi connectivity index (χ2v) is 9.69. The number of rotatable bonds is 3. The third kappa shape index (κ3) is 4.27. The summed E-state index contributed by atoms with van der Waals surface area (Å²) in [7, 11) is 2.18. The van der Waals surface area contributed by atoms with E-state index < -0.39 is 0 Å². The fraction of sp³-hybridized carbons (Fsp3) is 0.200. The van der Waals surface area contributed by atoms with E-state index in [-0.39, 0.29) is 0 Å². The molecule has 0 unspecified atom stereocenters. The minimum absolute atomic E-state index is 0.443. The van der Waals surface area contributed by atoms with Crippen LogP contribution in [0, 0.1) is 0 Å². The van der Waals surface area contributed by atoms with Gasteiger partial charge in [0, 0.05) is 35.4 Å². The SMILES string of the molecule is C=Cc1cccc2cc[nH]c12.CN1CCC(c2nc(-c3cc4ccccc4[nH]3)c3c(N)nccn23)CC1. The molecule has 5 heterocycles. The summed E-state index contributed by atoms with van der Waals surface area (Å²) in [5.41, 5.74) is 12.5. The lowest BCUT2D eigenvalue weighted by molar-refractivity contribution is 0.251. The van der Waals surface area contributed by atoms with Gasteiger partial charge in [-0.1, -0.05) is 49.1 Å². The van der Waals surface area contributed by atoms with E-state index in [0.717, 1.165) is 59.7 Å². The predicted molar refractivity (Wildman–Crippen MR) is 153 cm³/mol. The molecule has 7 rings (SSSR count). The molecule has 7 nitrogen and oxygen atoms in total. The van der Waals surface area contributed by atoms with Gasteiger partial charge >= 0.3 is 0 Å². The number of imidazole rings is 1. The number of piperidine rings is 1. The predicted octanol–water partition coefficient (Wildman–Crippen LogP) is 6.08. The number of aromatic nitrogens is 5. The van der Waals surface area contributed by atoms with E-state index in [1.807, 2.05) is 42.7 Å². The molecule has 1 aliphatic rings. The van der Waals surface area contributed by atoms with Gasteiger partial charge in [0.1, 0.15) is 22.9 Å². The van der Waals surface area contributed by atoms with Crippen molar-refractivity contribution in [3.05, 3.63) is 91.2 Å². The molecule has 0 amide bonds. The summed E-state index contributed by atoms with van der Waals surface area (Å²) < 4.78 is 2.14. The lowest BCUT2D eigenvalue weighted by Gasteiger charge is -2.28. The lowest BCUT2D eigenvalue weighted by Crippen LogP contribution is -2.29. The number of anilines is 1. The molecule has 186 valence electrons. The number of para-hydroxylation sites is 2. The number of fused-ring (bicyclic) bond motifs is 3. The van der Waals surface area contributed by atoms with Crippen LogP contribution in [0.2, 0.25) is 0 Å². The molecule has 6 aromatic rings.